The van der Waals surface area contributed by atoms with Crippen LogP contribution >= 0.6 is 31.9 Å². The number of hydrogen-bond acceptors (Lipinski definition) is 4. The Bertz CT molecular complexity index is 511. The molecule has 0 aliphatic carbocycles. The molecular formula is C13H12Br2O4. The Kier molecular flexibility index (Phi) is 6.24. The van der Waals surface area contributed by atoms with Crippen LogP contribution in [0.4, 0.5) is 0 Å². The number of carbonyl (C=O) groups is 2. The monoisotopic (exact) mass is 390 g/mol. The summed E-state index contributed by atoms with van der Waals surface area (Å²) in [5, 5.41) is 0. The molecule has 0 aliphatic heterocycles. The second kappa shape index (κ2) is 7.45. The predicted molar refractivity (Wildman–Crippen MR) is 77.9 cm³/mol. The molecule has 4 nitrogen and oxygen atoms in total. The SMILES string of the molecule is C=C(C)C(=O)OCCOC(=O)c1cccc(Br)c1Br. The quantitative estimate of drug-likeness (QED) is 0.438. The molecule has 0 aromatic heterocycles. The van der Waals surface area contributed by atoms with Crippen molar-refractivity contribution < 1.29 is 19.1 Å². The Morgan fingerprint density at radius 3 is 2.47 bits per heavy atom. The first-order valence-corrected chi connectivity index (χ1v) is 6.96. The van der Waals surface area contributed by atoms with Crippen LogP contribution < -0.4 is 0 Å². The molecule has 102 valence electrons. The van der Waals surface area contributed by atoms with E-state index in [9.17, 15) is 9.59 Å². The molecule has 0 bridgehead atoms. The number of hydrogen-bond donors (Lipinski definition) is 0. The maximum absolute atomic E-state index is 11.8. The summed E-state index contributed by atoms with van der Waals surface area (Å²) in [6, 6.07) is 5.17. The molecule has 1 rings (SSSR count). The molecule has 0 atom stereocenters. The number of halogens is 2. The molecule has 0 fully saturated rings. The van der Waals surface area contributed by atoms with Crippen molar-refractivity contribution in [3.8, 4) is 0 Å². The van der Waals surface area contributed by atoms with Gasteiger partial charge in [0.05, 0.1) is 5.56 Å². The molecule has 0 aliphatic rings. The van der Waals surface area contributed by atoms with E-state index in [2.05, 4.69) is 38.4 Å². The smallest absolute Gasteiger partial charge is 0.339 e. The topological polar surface area (TPSA) is 52.6 Å². The molecule has 0 heterocycles. The number of rotatable bonds is 5. The molecule has 0 radical (unpaired) electrons. The minimum Gasteiger partial charge on any atom is -0.459 e. The summed E-state index contributed by atoms with van der Waals surface area (Å²) in [5.41, 5.74) is 0.710. The van der Waals surface area contributed by atoms with Crippen LogP contribution in [0.3, 0.4) is 0 Å². The van der Waals surface area contributed by atoms with Crippen molar-refractivity contribution in [2.24, 2.45) is 0 Å². The van der Waals surface area contributed by atoms with Crippen molar-refractivity contribution in [2.75, 3.05) is 13.2 Å². The van der Waals surface area contributed by atoms with Crippen LogP contribution in [0.25, 0.3) is 0 Å². The summed E-state index contributed by atoms with van der Waals surface area (Å²) in [4.78, 5) is 22.8. The molecule has 6 heteroatoms. The van der Waals surface area contributed by atoms with Gasteiger partial charge in [0.1, 0.15) is 13.2 Å². The van der Waals surface area contributed by atoms with E-state index in [1.807, 2.05) is 0 Å². The van der Waals surface area contributed by atoms with E-state index >= 15 is 0 Å². The van der Waals surface area contributed by atoms with Crippen molar-refractivity contribution in [3.63, 3.8) is 0 Å². The molecule has 0 spiro atoms. The zero-order chi connectivity index (χ0) is 14.4. The molecule has 1 aromatic rings. The highest BCUT2D eigenvalue weighted by molar-refractivity contribution is 9.13. The highest BCUT2D eigenvalue weighted by Crippen LogP contribution is 2.26. The van der Waals surface area contributed by atoms with E-state index in [-0.39, 0.29) is 13.2 Å². The van der Waals surface area contributed by atoms with Gasteiger partial charge in [-0.05, 0) is 50.9 Å². The first kappa shape index (κ1) is 15.9. The van der Waals surface area contributed by atoms with E-state index in [0.717, 1.165) is 4.47 Å². The summed E-state index contributed by atoms with van der Waals surface area (Å²) in [6.07, 6.45) is 0. The molecule has 19 heavy (non-hydrogen) atoms. The second-order valence-corrected chi connectivity index (χ2v) is 5.30. The third kappa shape index (κ3) is 4.80. The molecule has 0 unspecified atom stereocenters. The van der Waals surface area contributed by atoms with Crippen LogP contribution in [0.2, 0.25) is 0 Å². The fourth-order valence-corrected chi connectivity index (χ4v) is 1.92. The van der Waals surface area contributed by atoms with E-state index in [1.54, 1.807) is 25.1 Å². The van der Waals surface area contributed by atoms with Gasteiger partial charge in [-0.3, -0.25) is 0 Å². The number of esters is 2. The van der Waals surface area contributed by atoms with E-state index < -0.39 is 11.9 Å². The van der Waals surface area contributed by atoms with E-state index in [0.29, 0.717) is 15.6 Å². The number of benzene rings is 1. The summed E-state index contributed by atoms with van der Waals surface area (Å²) >= 11 is 6.58. The third-order valence-electron chi connectivity index (χ3n) is 2.07. The van der Waals surface area contributed by atoms with Gasteiger partial charge in [0.2, 0.25) is 0 Å². The molecule has 0 N–H and O–H groups in total. The third-order valence-corrected chi connectivity index (χ3v) is 4.12. The van der Waals surface area contributed by atoms with Gasteiger partial charge in [-0.15, -0.1) is 0 Å². The van der Waals surface area contributed by atoms with Crippen molar-refractivity contribution in [3.05, 3.63) is 44.9 Å². The molecule has 0 amide bonds. The minimum absolute atomic E-state index is 0.00303. The van der Waals surface area contributed by atoms with Crippen LogP contribution in [0, 0.1) is 0 Å². The number of ether oxygens (including phenoxy) is 2. The first-order chi connectivity index (χ1) is 8.93. The summed E-state index contributed by atoms with van der Waals surface area (Å²) in [6.45, 7) is 4.99. The highest BCUT2D eigenvalue weighted by atomic mass is 79.9. The van der Waals surface area contributed by atoms with E-state index in [1.165, 1.54) is 0 Å². The average molecular weight is 392 g/mol. The van der Waals surface area contributed by atoms with Crippen molar-refractivity contribution in [1.82, 2.24) is 0 Å². The summed E-state index contributed by atoms with van der Waals surface area (Å²) in [7, 11) is 0. The summed E-state index contributed by atoms with van der Waals surface area (Å²) < 4.78 is 11.2. The Balaban J connectivity index is 2.46. The predicted octanol–water partition coefficient (Wildman–Crippen LogP) is 3.49. The maximum atomic E-state index is 11.8. The normalized spacial score (nSPS) is 9.84. The fourth-order valence-electron chi connectivity index (χ4n) is 1.13. The molecule has 0 saturated carbocycles. The standard InChI is InChI=1S/C13H12Br2O4/c1-8(2)12(16)18-6-7-19-13(17)9-4-3-5-10(14)11(9)15/h3-5H,1,6-7H2,2H3. The van der Waals surface area contributed by atoms with Gasteiger partial charge in [0, 0.05) is 14.5 Å². The Hall–Kier alpha value is -1.14. The van der Waals surface area contributed by atoms with Gasteiger partial charge in [-0.25, -0.2) is 9.59 Å². The Labute approximate surface area is 128 Å². The van der Waals surface area contributed by atoms with Crippen molar-refractivity contribution >= 4 is 43.8 Å². The fraction of sp³-hybridized carbons (Fsp3) is 0.231. The zero-order valence-electron chi connectivity index (χ0n) is 10.2. The van der Waals surface area contributed by atoms with Gasteiger partial charge in [-0.1, -0.05) is 12.6 Å². The van der Waals surface area contributed by atoms with E-state index in [4.69, 9.17) is 9.47 Å². The van der Waals surface area contributed by atoms with Crippen LogP contribution in [0.15, 0.2) is 39.3 Å². The van der Waals surface area contributed by atoms with Gasteiger partial charge >= 0.3 is 11.9 Å². The average Bonchev–Trinajstić information content (AvgIpc) is 2.37. The van der Waals surface area contributed by atoms with Crippen LogP contribution in [-0.4, -0.2) is 25.2 Å². The van der Waals surface area contributed by atoms with Gasteiger partial charge in [-0.2, -0.15) is 0 Å². The lowest BCUT2D eigenvalue weighted by Crippen LogP contribution is -2.14. The Morgan fingerprint density at radius 1 is 1.21 bits per heavy atom. The summed E-state index contributed by atoms with van der Waals surface area (Å²) in [5.74, 6) is -0.987. The van der Waals surface area contributed by atoms with Gasteiger partial charge in [0.15, 0.2) is 0 Å². The van der Waals surface area contributed by atoms with Gasteiger partial charge < -0.3 is 9.47 Å². The molecule has 0 saturated heterocycles. The van der Waals surface area contributed by atoms with Crippen LogP contribution in [0.5, 0.6) is 0 Å². The Morgan fingerprint density at radius 2 is 1.84 bits per heavy atom. The molecular weight excluding hydrogens is 380 g/mol. The molecule has 1 aromatic carbocycles. The van der Waals surface area contributed by atoms with Crippen molar-refractivity contribution in [2.45, 2.75) is 6.92 Å². The van der Waals surface area contributed by atoms with Crippen LogP contribution in [0.1, 0.15) is 17.3 Å². The zero-order valence-corrected chi connectivity index (χ0v) is 13.4. The first-order valence-electron chi connectivity index (χ1n) is 5.37. The number of carbonyl (C=O) groups excluding carboxylic acids is 2. The largest absolute Gasteiger partial charge is 0.459 e. The van der Waals surface area contributed by atoms with Crippen LogP contribution in [-0.2, 0) is 14.3 Å². The lowest BCUT2D eigenvalue weighted by atomic mass is 10.2. The second-order valence-electron chi connectivity index (χ2n) is 3.65. The van der Waals surface area contributed by atoms with Crippen molar-refractivity contribution in [1.29, 1.82) is 0 Å². The van der Waals surface area contributed by atoms with Gasteiger partial charge in [0.25, 0.3) is 0 Å². The lowest BCUT2D eigenvalue weighted by molar-refractivity contribution is -0.140. The lowest BCUT2D eigenvalue weighted by Gasteiger charge is -2.08. The maximum Gasteiger partial charge on any atom is 0.339 e. The highest BCUT2D eigenvalue weighted by Gasteiger charge is 2.13. The minimum atomic E-state index is -0.500.